The second-order valence-electron chi connectivity index (χ2n) is 6.06. The number of hydrogen-bond donors (Lipinski definition) is 2. The van der Waals surface area contributed by atoms with Gasteiger partial charge in [0.25, 0.3) is 0 Å². The van der Waals surface area contributed by atoms with Gasteiger partial charge in [0.1, 0.15) is 0 Å². The molecule has 1 fully saturated rings. The second-order valence-corrected chi connectivity index (χ2v) is 6.97. The molecule has 1 atom stereocenters. The third-order valence-corrected chi connectivity index (χ3v) is 5.63. The molecular weight excluding hydrogens is 326 g/mol. The van der Waals surface area contributed by atoms with Crippen LogP contribution in [0.4, 0.5) is 0 Å². The third kappa shape index (κ3) is 3.67. The summed E-state index contributed by atoms with van der Waals surface area (Å²) < 4.78 is 1.13. The molecule has 0 aliphatic carbocycles. The average Bonchev–Trinajstić information content (AvgIpc) is 3.02. The van der Waals surface area contributed by atoms with Crippen LogP contribution in [-0.4, -0.2) is 29.6 Å². The number of hydrogen-bond acceptors (Lipinski definition) is 3. The Labute approximate surface area is 137 Å². The van der Waals surface area contributed by atoms with E-state index in [1.807, 2.05) is 0 Å². The van der Waals surface area contributed by atoms with E-state index >= 15 is 0 Å². The normalized spacial score (nSPS) is 18.1. The van der Waals surface area contributed by atoms with Crippen molar-refractivity contribution in [2.45, 2.75) is 57.5 Å². The summed E-state index contributed by atoms with van der Waals surface area (Å²) >= 11 is 3.56. The van der Waals surface area contributed by atoms with Crippen molar-refractivity contribution >= 4 is 15.9 Å². The Balaban J connectivity index is 2.22. The van der Waals surface area contributed by atoms with Crippen LogP contribution >= 0.6 is 15.9 Å². The van der Waals surface area contributed by atoms with Gasteiger partial charge in [-0.1, -0.05) is 41.9 Å². The predicted octanol–water partition coefficient (Wildman–Crippen LogP) is 3.48. The number of halogens is 1. The molecule has 118 valence electrons. The van der Waals surface area contributed by atoms with Gasteiger partial charge >= 0.3 is 0 Å². The molecule has 1 aliphatic heterocycles. The first kappa shape index (κ1) is 16.9. The van der Waals surface area contributed by atoms with Gasteiger partial charge in [-0.3, -0.25) is 16.2 Å². The summed E-state index contributed by atoms with van der Waals surface area (Å²) in [6, 6.07) is 8.84. The maximum absolute atomic E-state index is 5.98. The molecule has 3 nitrogen and oxygen atoms in total. The number of likely N-dealkylation sites (tertiary alicyclic amines) is 1. The first-order valence-corrected chi connectivity index (χ1v) is 8.91. The second kappa shape index (κ2) is 7.73. The van der Waals surface area contributed by atoms with Crippen LogP contribution in [0, 0.1) is 0 Å². The number of rotatable bonds is 7. The SMILES string of the molecule is CCC(CC)(C(Cc1cccc(Br)c1)NN)N1CCCC1. The van der Waals surface area contributed by atoms with E-state index in [2.05, 4.69) is 64.4 Å². The van der Waals surface area contributed by atoms with Crippen molar-refractivity contribution in [2.75, 3.05) is 13.1 Å². The van der Waals surface area contributed by atoms with Crippen molar-refractivity contribution in [2.24, 2.45) is 5.84 Å². The molecule has 2 rings (SSSR count). The van der Waals surface area contributed by atoms with Crippen molar-refractivity contribution in [3.8, 4) is 0 Å². The smallest absolute Gasteiger partial charge is 0.0434 e. The zero-order chi connectivity index (χ0) is 15.3. The van der Waals surface area contributed by atoms with Crippen LogP contribution in [0.25, 0.3) is 0 Å². The van der Waals surface area contributed by atoms with Crippen molar-refractivity contribution in [3.63, 3.8) is 0 Å². The molecule has 3 N–H and O–H groups in total. The molecule has 1 aliphatic rings. The number of nitrogens with zero attached hydrogens (tertiary/aromatic N) is 1. The lowest BCUT2D eigenvalue weighted by molar-refractivity contribution is 0.0620. The van der Waals surface area contributed by atoms with Gasteiger partial charge in [-0.2, -0.15) is 0 Å². The highest BCUT2D eigenvalue weighted by Gasteiger charge is 2.41. The van der Waals surface area contributed by atoms with Crippen LogP contribution in [0.3, 0.4) is 0 Å². The number of nitrogens with two attached hydrogens (primary N) is 1. The van der Waals surface area contributed by atoms with Gasteiger partial charge in [0.2, 0.25) is 0 Å². The van der Waals surface area contributed by atoms with Gasteiger partial charge in [-0.15, -0.1) is 0 Å². The molecule has 0 radical (unpaired) electrons. The van der Waals surface area contributed by atoms with Gasteiger partial charge in [-0.05, 0) is 62.9 Å². The standard InChI is InChI=1S/C17H28BrN3/c1-3-17(4-2,21-10-5-6-11-21)16(20-19)13-14-8-7-9-15(18)12-14/h7-9,12,16,20H,3-6,10-11,13,19H2,1-2H3. The number of nitrogens with one attached hydrogen (secondary N) is 1. The first-order chi connectivity index (χ1) is 10.2. The highest BCUT2D eigenvalue weighted by Crippen LogP contribution is 2.33. The third-order valence-electron chi connectivity index (χ3n) is 5.14. The molecule has 1 aromatic carbocycles. The van der Waals surface area contributed by atoms with Crippen molar-refractivity contribution in [1.82, 2.24) is 10.3 Å². The summed E-state index contributed by atoms with van der Waals surface area (Å²) in [7, 11) is 0. The fourth-order valence-corrected chi connectivity index (χ4v) is 4.32. The van der Waals surface area contributed by atoms with E-state index in [0.717, 1.165) is 23.7 Å². The zero-order valence-corrected chi connectivity index (χ0v) is 14.8. The molecule has 0 amide bonds. The van der Waals surface area contributed by atoms with E-state index in [1.165, 1.54) is 31.5 Å². The van der Waals surface area contributed by atoms with Gasteiger partial charge in [0.15, 0.2) is 0 Å². The topological polar surface area (TPSA) is 41.3 Å². The Morgan fingerprint density at radius 1 is 1.29 bits per heavy atom. The summed E-state index contributed by atoms with van der Waals surface area (Å²) in [6.45, 7) is 7.01. The fourth-order valence-electron chi connectivity index (χ4n) is 3.88. The molecule has 1 unspecified atom stereocenters. The highest BCUT2D eigenvalue weighted by molar-refractivity contribution is 9.10. The minimum absolute atomic E-state index is 0.160. The van der Waals surface area contributed by atoms with Gasteiger partial charge in [0, 0.05) is 16.1 Å². The molecule has 4 heteroatoms. The van der Waals surface area contributed by atoms with Crippen LogP contribution in [0.1, 0.15) is 45.1 Å². The van der Waals surface area contributed by atoms with E-state index in [9.17, 15) is 0 Å². The molecule has 0 aromatic heterocycles. The molecule has 0 spiro atoms. The molecule has 1 aromatic rings. The molecular formula is C17H28BrN3. The number of benzene rings is 1. The van der Waals surface area contributed by atoms with Crippen LogP contribution < -0.4 is 11.3 Å². The predicted molar refractivity (Wildman–Crippen MR) is 93.1 cm³/mol. The van der Waals surface area contributed by atoms with Crippen LogP contribution in [0.2, 0.25) is 0 Å². The Morgan fingerprint density at radius 3 is 2.48 bits per heavy atom. The van der Waals surface area contributed by atoms with E-state index in [4.69, 9.17) is 5.84 Å². The Hall–Kier alpha value is -0.420. The van der Waals surface area contributed by atoms with E-state index in [-0.39, 0.29) is 11.6 Å². The molecule has 1 heterocycles. The quantitative estimate of drug-likeness (QED) is 0.582. The van der Waals surface area contributed by atoms with Crippen LogP contribution in [0.15, 0.2) is 28.7 Å². The van der Waals surface area contributed by atoms with E-state index in [1.54, 1.807) is 0 Å². The Kier molecular flexibility index (Phi) is 6.23. The zero-order valence-electron chi connectivity index (χ0n) is 13.2. The highest BCUT2D eigenvalue weighted by atomic mass is 79.9. The lowest BCUT2D eigenvalue weighted by Gasteiger charge is -2.46. The largest absolute Gasteiger partial charge is 0.296 e. The number of hydrazine groups is 1. The summed E-state index contributed by atoms with van der Waals surface area (Å²) in [5.74, 6) is 5.98. The first-order valence-electron chi connectivity index (χ1n) is 8.12. The fraction of sp³-hybridized carbons (Fsp3) is 0.647. The Bertz CT molecular complexity index is 439. The maximum Gasteiger partial charge on any atom is 0.0434 e. The molecule has 21 heavy (non-hydrogen) atoms. The summed E-state index contributed by atoms with van der Waals surface area (Å²) in [5.41, 5.74) is 4.62. The lowest BCUT2D eigenvalue weighted by Crippen LogP contribution is -2.62. The summed E-state index contributed by atoms with van der Waals surface area (Å²) in [6.07, 6.45) is 5.86. The molecule has 0 bridgehead atoms. The lowest BCUT2D eigenvalue weighted by atomic mass is 9.80. The van der Waals surface area contributed by atoms with Crippen LogP contribution in [0.5, 0.6) is 0 Å². The van der Waals surface area contributed by atoms with Crippen molar-refractivity contribution in [1.29, 1.82) is 0 Å². The minimum Gasteiger partial charge on any atom is -0.296 e. The van der Waals surface area contributed by atoms with Crippen LogP contribution in [-0.2, 0) is 6.42 Å². The van der Waals surface area contributed by atoms with Crippen molar-refractivity contribution < 1.29 is 0 Å². The van der Waals surface area contributed by atoms with Gasteiger partial charge in [0.05, 0.1) is 0 Å². The minimum atomic E-state index is 0.160. The summed E-state index contributed by atoms with van der Waals surface area (Å²) in [4.78, 5) is 2.66. The van der Waals surface area contributed by atoms with Gasteiger partial charge < -0.3 is 0 Å². The van der Waals surface area contributed by atoms with Gasteiger partial charge in [-0.25, -0.2) is 0 Å². The van der Waals surface area contributed by atoms with Crippen molar-refractivity contribution in [3.05, 3.63) is 34.3 Å². The Morgan fingerprint density at radius 2 is 1.95 bits per heavy atom. The average molecular weight is 354 g/mol. The monoisotopic (exact) mass is 353 g/mol. The maximum atomic E-state index is 5.98. The molecule has 1 saturated heterocycles. The van der Waals surface area contributed by atoms with E-state index < -0.39 is 0 Å². The van der Waals surface area contributed by atoms with E-state index in [0.29, 0.717) is 0 Å². The molecule has 0 saturated carbocycles. The summed E-state index contributed by atoms with van der Waals surface area (Å²) in [5, 5.41) is 0.